The number of hydrogen-bond acceptors (Lipinski definition) is 5. The first-order valence-electron chi connectivity index (χ1n) is 7.98. The molecule has 24 heavy (non-hydrogen) atoms. The number of tetrazole rings is 1. The Morgan fingerprint density at radius 1 is 1.33 bits per heavy atom. The maximum absolute atomic E-state index is 13.4. The molecule has 2 aromatic rings. The first-order chi connectivity index (χ1) is 11.5. The molecule has 2 unspecified atom stereocenters. The van der Waals surface area contributed by atoms with Gasteiger partial charge >= 0.3 is 0 Å². The van der Waals surface area contributed by atoms with Crippen molar-refractivity contribution in [2.24, 2.45) is 11.8 Å². The van der Waals surface area contributed by atoms with E-state index in [9.17, 15) is 9.18 Å². The van der Waals surface area contributed by atoms with Crippen molar-refractivity contribution in [2.45, 2.75) is 25.4 Å². The van der Waals surface area contributed by atoms with E-state index in [0.29, 0.717) is 22.7 Å². The number of carbonyl (C=O) groups is 1. The second-order valence-electron chi connectivity index (χ2n) is 6.39. The van der Waals surface area contributed by atoms with Crippen molar-refractivity contribution in [3.63, 3.8) is 0 Å². The predicted molar refractivity (Wildman–Crippen MR) is 89.4 cm³/mol. The van der Waals surface area contributed by atoms with Crippen LogP contribution >= 0.6 is 11.8 Å². The molecule has 1 saturated heterocycles. The van der Waals surface area contributed by atoms with Crippen LogP contribution in [0.5, 0.6) is 0 Å². The zero-order chi connectivity index (χ0) is 17.1. The molecule has 0 bridgehead atoms. The van der Waals surface area contributed by atoms with Gasteiger partial charge in [0.05, 0.1) is 11.4 Å². The molecule has 1 fully saturated rings. The number of benzene rings is 1. The topological polar surface area (TPSA) is 63.9 Å². The van der Waals surface area contributed by atoms with Crippen molar-refractivity contribution in [2.75, 3.05) is 18.8 Å². The fraction of sp³-hybridized carbons (Fsp3) is 0.500. The summed E-state index contributed by atoms with van der Waals surface area (Å²) in [5.41, 5.74) is 0.537. The van der Waals surface area contributed by atoms with E-state index in [1.165, 1.54) is 28.6 Å². The number of piperidine rings is 1. The number of thioether (sulfide) groups is 1. The molecule has 128 valence electrons. The number of likely N-dealkylation sites (tertiary alicyclic amines) is 1. The van der Waals surface area contributed by atoms with Crippen molar-refractivity contribution in [1.29, 1.82) is 0 Å². The molecule has 0 spiro atoms. The standard InChI is InChI=1S/C16H20FN5OS/c1-11-6-12(2)9-21(8-11)15(23)10-24-16-18-19-20-22(16)14-5-3-4-13(17)7-14/h3-5,7,11-12H,6,8-10H2,1-2H3. The number of aromatic nitrogens is 4. The average molecular weight is 349 g/mol. The maximum Gasteiger partial charge on any atom is 0.233 e. The van der Waals surface area contributed by atoms with Crippen LogP contribution in [0, 0.1) is 17.7 Å². The summed E-state index contributed by atoms with van der Waals surface area (Å²) < 4.78 is 14.8. The Bertz CT molecular complexity index is 712. The minimum Gasteiger partial charge on any atom is -0.341 e. The van der Waals surface area contributed by atoms with E-state index >= 15 is 0 Å². The molecule has 1 amide bonds. The van der Waals surface area contributed by atoms with Gasteiger partial charge in [0, 0.05) is 13.1 Å². The summed E-state index contributed by atoms with van der Waals surface area (Å²) in [4.78, 5) is 14.4. The third kappa shape index (κ3) is 3.92. The molecule has 6 nitrogen and oxygen atoms in total. The molecule has 1 aliphatic heterocycles. The van der Waals surface area contributed by atoms with Crippen LogP contribution in [0.25, 0.3) is 5.69 Å². The van der Waals surface area contributed by atoms with Crippen molar-refractivity contribution in [1.82, 2.24) is 25.1 Å². The van der Waals surface area contributed by atoms with Gasteiger partial charge in [-0.25, -0.2) is 4.39 Å². The van der Waals surface area contributed by atoms with E-state index in [2.05, 4.69) is 29.4 Å². The molecular weight excluding hydrogens is 329 g/mol. The van der Waals surface area contributed by atoms with Gasteiger partial charge < -0.3 is 4.90 Å². The average Bonchev–Trinajstić information content (AvgIpc) is 3.00. The van der Waals surface area contributed by atoms with Crippen LogP contribution in [0.3, 0.4) is 0 Å². The number of carbonyl (C=O) groups excluding carboxylic acids is 1. The van der Waals surface area contributed by atoms with Crippen LogP contribution in [0.15, 0.2) is 29.4 Å². The molecule has 1 aromatic carbocycles. The molecule has 8 heteroatoms. The van der Waals surface area contributed by atoms with Gasteiger partial charge in [0.2, 0.25) is 11.1 Å². The minimum absolute atomic E-state index is 0.0900. The summed E-state index contributed by atoms with van der Waals surface area (Å²) in [5.74, 6) is 1.06. The van der Waals surface area contributed by atoms with E-state index in [4.69, 9.17) is 0 Å². The molecule has 2 heterocycles. The first-order valence-corrected chi connectivity index (χ1v) is 8.96. The largest absolute Gasteiger partial charge is 0.341 e. The second-order valence-corrected chi connectivity index (χ2v) is 7.33. The molecule has 0 radical (unpaired) electrons. The van der Waals surface area contributed by atoms with Gasteiger partial charge in [-0.1, -0.05) is 31.7 Å². The van der Waals surface area contributed by atoms with E-state index in [-0.39, 0.29) is 17.5 Å². The molecule has 3 rings (SSSR count). The summed E-state index contributed by atoms with van der Waals surface area (Å²) in [7, 11) is 0. The number of nitrogens with zero attached hydrogens (tertiary/aromatic N) is 5. The molecule has 0 saturated carbocycles. The molecule has 2 atom stereocenters. The van der Waals surface area contributed by atoms with Crippen LogP contribution in [0.1, 0.15) is 20.3 Å². The minimum atomic E-state index is -0.355. The second kappa shape index (κ2) is 7.29. The lowest BCUT2D eigenvalue weighted by Crippen LogP contribution is -2.43. The van der Waals surface area contributed by atoms with Crippen molar-refractivity contribution in [3.8, 4) is 5.69 Å². The van der Waals surface area contributed by atoms with Crippen molar-refractivity contribution >= 4 is 17.7 Å². The Kier molecular flexibility index (Phi) is 5.13. The van der Waals surface area contributed by atoms with Gasteiger partial charge in [0.15, 0.2) is 0 Å². The van der Waals surface area contributed by atoms with E-state index in [1.54, 1.807) is 12.1 Å². The SMILES string of the molecule is CC1CC(C)CN(C(=O)CSc2nnnn2-c2cccc(F)c2)C1. The summed E-state index contributed by atoms with van der Waals surface area (Å²) in [5, 5.41) is 11.9. The summed E-state index contributed by atoms with van der Waals surface area (Å²) in [6, 6.07) is 6.04. The highest BCUT2D eigenvalue weighted by Crippen LogP contribution is 2.23. The van der Waals surface area contributed by atoms with Crippen LogP contribution < -0.4 is 0 Å². The van der Waals surface area contributed by atoms with Crippen LogP contribution in [0.4, 0.5) is 4.39 Å². The smallest absolute Gasteiger partial charge is 0.233 e. The quantitative estimate of drug-likeness (QED) is 0.793. The Labute approximate surface area is 144 Å². The van der Waals surface area contributed by atoms with Crippen molar-refractivity contribution < 1.29 is 9.18 Å². The Hall–Kier alpha value is -1.96. The van der Waals surface area contributed by atoms with Gasteiger partial charge in [-0.3, -0.25) is 4.79 Å². The third-order valence-electron chi connectivity index (χ3n) is 4.04. The lowest BCUT2D eigenvalue weighted by molar-refractivity contribution is -0.130. The fourth-order valence-corrected chi connectivity index (χ4v) is 3.92. The Morgan fingerprint density at radius 3 is 2.79 bits per heavy atom. The predicted octanol–water partition coefficient (Wildman–Crippen LogP) is 2.40. The third-order valence-corrected chi connectivity index (χ3v) is 4.94. The summed E-state index contributed by atoms with van der Waals surface area (Å²) in [6.07, 6.45) is 1.16. The highest BCUT2D eigenvalue weighted by Gasteiger charge is 2.25. The fourth-order valence-electron chi connectivity index (χ4n) is 3.12. The normalized spacial score (nSPS) is 21.0. The van der Waals surface area contributed by atoms with E-state index in [0.717, 1.165) is 19.5 Å². The van der Waals surface area contributed by atoms with Gasteiger partial charge in [-0.2, -0.15) is 4.68 Å². The number of hydrogen-bond donors (Lipinski definition) is 0. The number of amides is 1. The van der Waals surface area contributed by atoms with Gasteiger partial charge in [0.25, 0.3) is 0 Å². The molecule has 1 aliphatic rings. The maximum atomic E-state index is 13.4. The van der Waals surface area contributed by atoms with E-state index in [1.807, 2.05) is 4.90 Å². The zero-order valence-corrected chi connectivity index (χ0v) is 14.5. The summed E-state index contributed by atoms with van der Waals surface area (Å²) >= 11 is 1.27. The Morgan fingerprint density at radius 2 is 2.08 bits per heavy atom. The molecule has 0 N–H and O–H groups in total. The zero-order valence-electron chi connectivity index (χ0n) is 13.7. The Balaban J connectivity index is 1.65. The van der Waals surface area contributed by atoms with Crippen molar-refractivity contribution in [3.05, 3.63) is 30.1 Å². The number of halogens is 1. The van der Waals surface area contributed by atoms with Gasteiger partial charge in [-0.05, 0) is 46.9 Å². The highest BCUT2D eigenvalue weighted by atomic mass is 32.2. The van der Waals surface area contributed by atoms with Gasteiger partial charge in [-0.15, -0.1) is 5.10 Å². The van der Waals surface area contributed by atoms with Crippen LogP contribution in [-0.4, -0.2) is 49.9 Å². The van der Waals surface area contributed by atoms with E-state index < -0.39 is 0 Å². The lowest BCUT2D eigenvalue weighted by atomic mass is 9.92. The summed E-state index contributed by atoms with van der Waals surface area (Å²) in [6.45, 7) is 5.96. The first kappa shape index (κ1) is 16.9. The number of rotatable bonds is 4. The monoisotopic (exact) mass is 349 g/mol. The highest BCUT2D eigenvalue weighted by molar-refractivity contribution is 7.99. The van der Waals surface area contributed by atoms with Gasteiger partial charge in [0.1, 0.15) is 5.82 Å². The molecule has 1 aromatic heterocycles. The molecular formula is C16H20FN5OS. The van der Waals surface area contributed by atoms with Crippen LogP contribution in [-0.2, 0) is 4.79 Å². The lowest BCUT2D eigenvalue weighted by Gasteiger charge is -2.34. The molecule has 0 aliphatic carbocycles. The van der Waals surface area contributed by atoms with Crippen LogP contribution in [0.2, 0.25) is 0 Å².